The second-order valence-corrected chi connectivity index (χ2v) is 10.2. The highest BCUT2D eigenvalue weighted by atomic mass is 32.1. The maximum Gasteiger partial charge on any atom is 0.416 e. The standard InChI is InChI=1S/C21H21F3N4OS2/c1-26(12-19-25-4-5-30-19)15-8-27(9-15)16-10-28(11-16)20(29)18-6-13-2-3-14(21(22,23)24)7-17(13)31-18/h2-7,15-16H,8-12H2,1H3. The number of benzene rings is 1. The molecule has 0 N–H and O–H groups in total. The van der Waals surface area contributed by atoms with Crippen molar-refractivity contribution in [2.24, 2.45) is 0 Å². The van der Waals surface area contributed by atoms with Gasteiger partial charge in [0.05, 0.1) is 17.0 Å². The number of halogens is 3. The normalized spacial score (nSPS) is 18.5. The van der Waals surface area contributed by atoms with Crippen molar-refractivity contribution in [1.82, 2.24) is 19.7 Å². The molecule has 5 rings (SSSR count). The van der Waals surface area contributed by atoms with Crippen LogP contribution >= 0.6 is 22.7 Å². The van der Waals surface area contributed by atoms with Gasteiger partial charge in [-0.1, -0.05) is 6.07 Å². The van der Waals surface area contributed by atoms with Gasteiger partial charge in [-0.05, 0) is 30.6 Å². The predicted molar refractivity (Wildman–Crippen MR) is 115 cm³/mol. The SMILES string of the molecule is CN(Cc1nccs1)C1CN(C2CN(C(=O)c3cc4ccc(C(F)(F)F)cc4s3)C2)C1. The molecular weight excluding hydrogens is 445 g/mol. The lowest BCUT2D eigenvalue weighted by atomic mass is 9.98. The fourth-order valence-electron chi connectivity index (χ4n) is 4.06. The number of amides is 1. The minimum absolute atomic E-state index is 0.0935. The Labute approximate surface area is 185 Å². The lowest BCUT2D eigenvalue weighted by Crippen LogP contribution is -2.69. The summed E-state index contributed by atoms with van der Waals surface area (Å²) in [6.07, 6.45) is -2.55. The molecule has 0 atom stereocenters. The molecule has 0 aliphatic carbocycles. The van der Waals surface area contributed by atoms with Crippen LogP contribution in [0, 0.1) is 0 Å². The third kappa shape index (κ3) is 4.09. The summed E-state index contributed by atoms with van der Waals surface area (Å²) >= 11 is 2.80. The zero-order valence-corrected chi connectivity index (χ0v) is 18.4. The van der Waals surface area contributed by atoms with E-state index in [0.29, 0.717) is 40.1 Å². The van der Waals surface area contributed by atoms with E-state index in [2.05, 4.69) is 21.8 Å². The first-order valence-electron chi connectivity index (χ1n) is 10.0. The smallest absolute Gasteiger partial charge is 0.335 e. The quantitative estimate of drug-likeness (QED) is 0.570. The van der Waals surface area contributed by atoms with E-state index in [1.165, 1.54) is 6.07 Å². The van der Waals surface area contributed by atoms with Crippen LogP contribution in [-0.4, -0.2) is 70.9 Å². The van der Waals surface area contributed by atoms with Crippen LogP contribution in [-0.2, 0) is 12.7 Å². The van der Waals surface area contributed by atoms with E-state index in [1.807, 2.05) is 11.6 Å². The highest BCUT2D eigenvalue weighted by Crippen LogP contribution is 2.35. The van der Waals surface area contributed by atoms with Crippen LogP contribution in [0.1, 0.15) is 20.2 Å². The molecule has 2 aromatic heterocycles. The first-order chi connectivity index (χ1) is 14.8. The Hall–Kier alpha value is -2.01. The van der Waals surface area contributed by atoms with Crippen molar-refractivity contribution in [2.45, 2.75) is 24.8 Å². The Balaban J connectivity index is 1.14. The summed E-state index contributed by atoms with van der Waals surface area (Å²) in [5, 5.41) is 3.78. The van der Waals surface area contributed by atoms with Crippen LogP contribution in [0.2, 0.25) is 0 Å². The van der Waals surface area contributed by atoms with Crippen molar-refractivity contribution >= 4 is 38.7 Å². The largest absolute Gasteiger partial charge is 0.416 e. The monoisotopic (exact) mass is 466 g/mol. The number of likely N-dealkylation sites (N-methyl/N-ethyl adjacent to an activating group) is 1. The molecule has 3 aromatic rings. The number of thiazole rings is 1. The van der Waals surface area contributed by atoms with E-state index in [-0.39, 0.29) is 5.91 Å². The van der Waals surface area contributed by atoms with E-state index >= 15 is 0 Å². The molecule has 31 heavy (non-hydrogen) atoms. The second-order valence-electron chi connectivity index (χ2n) is 8.17. The third-order valence-corrected chi connectivity index (χ3v) is 7.96. The van der Waals surface area contributed by atoms with Crippen LogP contribution in [0.5, 0.6) is 0 Å². The van der Waals surface area contributed by atoms with Crippen molar-refractivity contribution in [3.63, 3.8) is 0 Å². The Bertz CT molecular complexity index is 1090. The molecule has 1 amide bonds. The van der Waals surface area contributed by atoms with Gasteiger partial charge in [-0.25, -0.2) is 4.98 Å². The van der Waals surface area contributed by atoms with Crippen LogP contribution in [0.4, 0.5) is 13.2 Å². The summed E-state index contributed by atoms with van der Waals surface area (Å²) in [6, 6.07) is 6.18. The molecule has 0 radical (unpaired) electrons. The molecule has 5 nitrogen and oxygen atoms in total. The lowest BCUT2D eigenvalue weighted by molar-refractivity contribution is -0.137. The molecule has 4 heterocycles. The molecule has 164 valence electrons. The summed E-state index contributed by atoms with van der Waals surface area (Å²) in [6.45, 7) is 4.16. The number of fused-ring (bicyclic) bond motifs is 1. The lowest BCUT2D eigenvalue weighted by Gasteiger charge is -2.53. The van der Waals surface area contributed by atoms with Crippen molar-refractivity contribution in [3.05, 3.63) is 51.3 Å². The van der Waals surface area contributed by atoms with E-state index < -0.39 is 11.7 Å². The minimum atomic E-state index is -4.38. The van der Waals surface area contributed by atoms with Gasteiger partial charge < -0.3 is 4.90 Å². The van der Waals surface area contributed by atoms with Gasteiger partial charge in [0.25, 0.3) is 5.91 Å². The van der Waals surface area contributed by atoms with E-state index in [0.717, 1.165) is 48.1 Å². The highest BCUT2D eigenvalue weighted by Gasteiger charge is 2.42. The summed E-state index contributed by atoms with van der Waals surface area (Å²) in [4.78, 5) is 24.1. The molecule has 0 unspecified atom stereocenters. The summed E-state index contributed by atoms with van der Waals surface area (Å²) in [7, 11) is 2.12. The first-order valence-corrected chi connectivity index (χ1v) is 11.7. The number of thiophene rings is 1. The van der Waals surface area contributed by atoms with Gasteiger partial charge in [0.15, 0.2) is 0 Å². The molecule has 2 fully saturated rings. The Morgan fingerprint density at radius 2 is 2.00 bits per heavy atom. The molecule has 0 spiro atoms. The third-order valence-electron chi connectivity index (χ3n) is 6.11. The average molecular weight is 467 g/mol. The fraction of sp³-hybridized carbons (Fsp3) is 0.429. The van der Waals surface area contributed by atoms with Gasteiger partial charge in [-0.2, -0.15) is 13.2 Å². The molecule has 2 saturated heterocycles. The fourth-order valence-corrected chi connectivity index (χ4v) is 5.81. The highest BCUT2D eigenvalue weighted by molar-refractivity contribution is 7.20. The van der Waals surface area contributed by atoms with Crippen LogP contribution in [0.25, 0.3) is 10.1 Å². The Kier molecular flexibility index (Phi) is 5.28. The number of rotatable bonds is 5. The summed E-state index contributed by atoms with van der Waals surface area (Å²) in [5.74, 6) is -0.0935. The molecule has 10 heteroatoms. The number of hydrogen-bond acceptors (Lipinski definition) is 6. The predicted octanol–water partition coefficient (Wildman–Crippen LogP) is 4.02. The van der Waals surface area contributed by atoms with Gasteiger partial charge >= 0.3 is 6.18 Å². The van der Waals surface area contributed by atoms with Crippen molar-refractivity contribution in [3.8, 4) is 0 Å². The number of hydrogen-bond donors (Lipinski definition) is 0. The number of aromatic nitrogens is 1. The Morgan fingerprint density at radius 3 is 2.68 bits per heavy atom. The minimum Gasteiger partial charge on any atom is -0.335 e. The molecule has 2 aliphatic rings. The molecule has 0 bridgehead atoms. The maximum absolute atomic E-state index is 12.9. The number of carbonyl (C=O) groups is 1. The summed E-state index contributed by atoms with van der Waals surface area (Å²) in [5.41, 5.74) is -0.683. The number of likely N-dealkylation sites (tertiary alicyclic amines) is 2. The van der Waals surface area contributed by atoms with Gasteiger partial charge in [0.2, 0.25) is 0 Å². The summed E-state index contributed by atoms with van der Waals surface area (Å²) < 4.78 is 39.3. The van der Waals surface area contributed by atoms with Crippen LogP contribution in [0.15, 0.2) is 35.8 Å². The maximum atomic E-state index is 12.9. The van der Waals surface area contributed by atoms with E-state index in [1.54, 1.807) is 22.3 Å². The first kappa shape index (κ1) is 20.9. The topological polar surface area (TPSA) is 39.7 Å². The van der Waals surface area contributed by atoms with Gasteiger partial charge in [0.1, 0.15) is 5.01 Å². The number of carbonyl (C=O) groups excluding carboxylic acids is 1. The van der Waals surface area contributed by atoms with Crippen LogP contribution < -0.4 is 0 Å². The average Bonchev–Trinajstić information content (AvgIpc) is 3.29. The van der Waals surface area contributed by atoms with E-state index in [9.17, 15) is 18.0 Å². The van der Waals surface area contributed by atoms with Gasteiger partial charge in [0, 0.05) is 54.5 Å². The zero-order valence-electron chi connectivity index (χ0n) is 16.8. The number of nitrogens with zero attached hydrogens (tertiary/aromatic N) is 4. The number of alkyl halides is 3. The molecule has 0 saturated carbocycles. The van der Waals surface area contributed by atoms with E-state index in [4.69, 9.17) is 0 Å². The van der Waals surface area contributed by atoms with Crippen molar-refractivity contribution in [2.75, 3.05) is 33.2 Å². The second kappa shape index (κ2) is 7.84. The molecule has 2 aliphatic heterocycles. The van der Waals surface area contributed by atoms with Crippen LogP contribution in [0.3, 0.4) is 0 Å². The Morgan fingerprint density at radius 1 is 1.23 bits per heavy atom. The zero-order chi connectivity index (χ0) is 21.8. The molecular formula is C21H21F3N4OS2. The van der Waals surface area contributed by atoms with Crippen molar-refractivity contribution in [1.29, 1.82) is 0 Å². The van der Waals surface area contributed by atoms with Crippen molar-refractivity contribution < 1.29 is 18.0 Å². The molecule has 1 aromatic carbocycles. The van der Waals surface area contributed by atoms with Gasteiger partial charge in [-0.3, -0.25) is 14.6 Å². The van der Waals surface area contributed by atoms with Gasteiger partial charge in [-0.15, -0.1) is 22.7 Å².